The third kappa shape index (κ3) is 4.76. The number of hydrogen-bond donors (Lipinski definition) is 1. The Morgan fingerprint density at radius 2 is 2.40 bits per heavy atom. The number of nitrogens with two attached hydrogens (primary N) is 1. The van der Waals surface area contributed by atoms with Crippen molar-refractivity contribution in [1.29, 1.82) is 0 Å². The molecule has 0 saturated carbocycles. The zero-order valence-corrected chi connectivity index (χ0v) is 6.35. The Morgan fingerprint density at radius 1 is 1.80 bits per heavy atom. The molecule has 1 nitrogen and oxygen atoms in total. The molecule has 2 heteroatoms. The Hall–Kier alpha value is 0.759. The Morgan fingerprint density at radius 3 is 2.40 bits per heavy atom. The Labute approximate surface area is 43.5 Å². The first kappa shape index (κ1) is 5.76. The van der Waals surface area contributed by atoms with Gasteiger partial charge in [0.05, 0.1) is 0 Å². The molecule has 2 N–H and O–H groups in total. The van der Waals surface area contributed by atoms with Crippen LogP contribution in [0.3, 0.4) is 0 Å². The SMILES string of the molecule is CC[CH2][Sn][NH2]. The number of rotatable bonds is 2. The summed E-state index contributed by atoms with van der Waals surface area (Å²) in [5.41, 5.74) is 0. The normalized spacial score (nSPS) is 8.40. The molecule has 30 valence electrons. The summed E-state index contributed by atoms with van der Waals surface area (Å²) in [4.78, 5) is 0. The van der Waals surface area contributed by atoms with Crippen LogP contribution in [0.5, 0.6) is 0 Å². The van der Waals surface area contributed by atoms with Crippen molar-refractivity contribution < 1.29 is 0 Å². The van der Waals surface area contributed by atoms with Crippen LogP contribution in [0.2, 0.25) is 4.44 Å². The van der Waals surface area contributed by atoms with E-state index < -0.39 is 0 Å². The molecule has 0 aromatic carbocycles. The van der Waals surface area contributed by atoms with Crippen LogP contribution in [0.4, 0.5) is 0 Å². The molecule has 0 saturated heterocycles. The van der Waals surface area contributed by atoms with Gasteiger partial charge in [-0.05, 0) is 0 Å². The molecule has 2 radical (unpaired) electrons. The fourth-order valence-corrected chi connectivity index (χ4v) is 0.968. The summed E-state index contributed by atoms with van der Waals surface area (Å²) in [7, 11) is 0. The van der Waals surface area contributed by atoms with Gasteiger partial charge >= 0.3 is 43.2 Å². The minimum absolute atomic E-state index is 0.294. The molecule has 0 heterocycles. The van der Waals surface area contributed by atoms with Gasteiger partial charge in [-0.2, -0.15) is 0 Å². The summed E-state index contributed by atoms with van der Waals surface area (Å²) in [6.45, 7) is 2.17. The molecular weight excluding hydrogens is 169 g/mol. The summed E-state index contributed by atoms with van der Waals surface area (Å²) < 4.78 is 6.65. The third-order valence-electron chi connectivity index (χ3n) is 0.394. The maximum atomic E-state index is 5.31. The van der Waals surface area contributed by atoms with E-state index in [1.165, 1.54) is 10.9 Å². The van der Waals surface area contributed by atoms with E-state index in [0.717, 1.165) is 0 Å². The molecular formula is C3H9NSn. The van der Waals surface area contributed by atoms with Gasteiger partial charge in [-0.3, -0.25) is 0 Å². The quantitative estimate of drug-likeness (QED) is 0.608. The van der Waals surface area contributed by atoms with Gasteiger partial charge in [-0.15, -0.1) is 0 Å². The molecule has 0 aromatic heterocycles. The molecule has 0 aliphatic heterocycles. The molecule has 0 fully saturated rings. The summed E-state index contributed by atoms with van der Waals surface area (Å²) in [6, 6.07) is 0. The van der Waals surface area contributed by atoms with E-state index in [2.05, 4.69) is 6.92 Å². The van der Waals surface area contributed by atoms with E-state index in [0.29, 0.717) is 0 Å². The molecule has 0 aliphatic rings. The van der Waals surface area contributed by atoms with Gasteiger partial charge in [-0.1, -0.05) is 0 Å². The standard InChI is InChI=1S/C3H7.H2N.Sn/c1-3-2;;/h1,3H2,2H3;1H2;/q;-1;+1. The van der Waals surface area contributed by atoms with Crippen molar-refractivity contribution in [3.05, 3.63) is 0 Å². The molecule has 0 rings (SSSR count). The Balaban J connectivity index is 2.19. The van der Waals surface area contributed by atoms with Gasteiger partial charge in [0.25, 0.3) is 0 Å². The third-order valence-corrected chi connectivity index (χ3v) is 2.65. The zero-order chi connectivity index (χ0) is 4.12. The van der Waals surface area contributed by atoms with Crippen molar-refractivity contribution in [2.75, 3.05) is 0 Å². The molecule has 5 heavy (non-hydrogen) atoms. The van der Waals surface area contributed by atoms with Crippen LogP contribution >= 0.6 is 0 Å². The minimum atomic E-state index is -0.294. The summed E-state index contributed by atoms with van der Waals surface area (Å²) >= 11 is -0.294. The van der Waals surface area contributed by atoms with E-state index in [9.17, 15) is 0 Å². The average molecular weight is 178 g/mol. The van der Waals surface area contributed by atoms with Crippen molar-refractivity contribution in [3.63, 3.8) is 0 Å². The molecule has 0 aromatic rings. The summed E-state index contributed by atoms with van der Waals surface area (Å²) in [5, 5.41) is 0. The number of hydrogen-bond acceptors (Lipinski definition) is 1. The van der Waals surface area contributed by atoms with Crippen LogP contribution in [0.15, 0.2) is 0 Å². The monoisotopic (exact) mass is 179 g/mol. The van der Waals surface area contributed by atoms with Gasteiger partial charge in [0.2, 0.25) is 0 Å². The second-order valence-corrected chi connectivity index (χ2v) is 3.55. The molecule has 0 atom stereocenters. The predicted molar refractivity (Wildman–Crippen MR) is 25.0 cm³/mol. The van der Waals surface area contributed by atoms with Crippen molar-refractivity contribution >= 4 is 21.4 Å². The van der Waals surface area contributed by atoms with Crippen LogP contribution in [0.25, 0.3) is 0 Å². The molecule has 0 unspecified atom stereocenters. The topological polar surface area (TPSA) is 26.0 Å². The first-order chi connectivity index (χ1) is 2.41. The second kappa shape index (κ2) is 4.76. The van der Waals surface area contributed by atoms with Crippen molar-refractivity contribution in [1.82, 2.24) is 0 Å². The molecule has 0 bridgehead atoms. The van der Waals surface area contributed by atoms with Crippen molar-refractivity contribution in [2.24, 2.45) is 3.96 Å². The Kier molecular flexibility index (Phi) is 5.48. The van der Waals surface area contributed by atoms with Crippen LogP contribution < -0.4 is 3.96 Å². The van der Waals surface area contributed by atoms with E-state index in [4.69, 9.17) is 3.96 Å². The fourth-order valence-electron chi connectivity index (χ4n) is 0.144. The first-order valence-corrected chi connectivity index (χ1v) is 5.52. The molecule has 0 amide bonds. The fraction of sp³-hybridized carbons (Fsp3) is 1.00. The Bertz CT molecular complexity index is 14.4. The predicted octanol–water partition coefficient (Wildman–Crippen LogP) is 0.393. The van der Waals surface area contributed by atoms with Gasteiger partial charge in [0, 0.05) is 0 Å². The van der Waals surface area contributed by atoms with Crippen LogP contribution in [0, 0.1) is 0 Å². The molecule has 0 aliphatic carbocycles. The van der Waals surface area contributed by atoms with Gasteiger partial charge < -0.3 is 0 Å². The summed E-state index contributed by atoms with van der Waals surface area (Å²) in [6.07, 6.45) is 1.29. The van der Waals surface area contributed by atoms with Crippen molar-refractivity contribution in [3.8, 4) is 0 Å². The van der Waals surface area contributed by atoms with Gasteiger partial charge in [0.15, 0.2) is 0 Å². The van der Waals surface area contributed by atoms with E-state index in [1.54, 1.807) is 0 Å². The van der Waals surface area contributed by atoms with E-state index in [1.807, 2.05) is 0 Å². The van der Waals surface area contributed by atoms with E-state index in [-0.39, 0.29) is 21.4 Å². The molecule has 0 spiro atoms. The van der Waals surface area contributed by atoms with Gasteiger partial charge in [-0.25, -0.2) is 0 Å². The van der Waals surface area contributed by atoms with Gasteiger partial charge in [0.1, 0.15) is 0 Å². The summed E-state index contributed by atoms with van der Waals surface area (Å²) in [5.74, 6) is 0. The average Bonchev–Trinajstić information content (AvgIpc) is 1.41. The van der Waals surface area contributed by atoms with Crippen LogP contribution in [0.1, 0.15) is 13.3 Å². The van der Waals surface area contributed by atoms with Crippen LogP contribution in [-0.2, 0) is 0 Å². The van der Waals surface area contributed by atoms with Crippen LogP contribution in [-0.4, -0.2) is 21.4 Å². The first-order valence-electron chi connectivity index (χ1n) is 1.85. The maximum absolute atomic E-state index is 5.31. The van der Waals surface area contributed by atoms with E-state index >= 15 is 0 Å². The zero-order valence-electron chi connectivity index (χ0n) is 3.49. The van der Waals surface area contributed by atoms with Crippen molar-refractivity contribution in [2.45, 2.75) is 17.8 Å². The second-order valence-electron chi connectivity index (χ2n) is 0.954.